The van der Waals surface area contributed by atoms with Gasteiger partial charge in [0.15, 0.2) is 5.54 Å². The van der Waals surface area contributed by atoms with E-state index in [1.54, 1.807) is 17.5 Å². The molecule has 7 heteroatoms. The molecular weight excluding hydrogens is 253 g/mol. The Morgan fingerprint density at radius 2 is 2.12 bits per heavy atom. The van der Waals surface area contributed by atoms with Crippen LogP contribution in [-0.2, 0) is 11.3 Å². The Balaban J connectivity index is 2.76. The average Bonchev–Trinajstić information content (AvgIpc) is 2.67. The van der Waals surface area contributed by atoms with Crippen molar-refractivity contribution in [3.63, 3.8) is 0 Å². The molecule has 0 aliphatic heterocycles. The number of halogens is 3. The molecule has 0 radical (unpaired) electrons. The molecular formula is C10H13F3N2OS. The minimum atomic E-state index is -4.76. The molecule has 0 aliphatic carbocycles. The molecule has 0 bridgehead atoms. The highest BCUT2D eigenvalue weighted by Gasteiger charge is 2.54. The Morgan fingerprint density at radius 1 is 1.53 bits per heavy atom. The van der Waals surface area contributed by atoms with Crippen LogP contribution in [0, 0.1) is 0 Å². The first-order chi connectivity index (χ1) is 7.66. The van der Waals surface area contributed by atoms with Crippen LogP contribution in [0.4, 0.5) is 13.2 Å². The number of thiophene rings is 1. The molecule has 1 heterocycles. The van der Waals surface area contributed by atoms with Crippen molar-refractivity contribution in [1.82, 2.24) is 4.90 Å². The van der Waals surface area contributed by atoms with Gasteiger partial charge >= 0.3 is 6.18 Å². The number of nitrogens with zero attached hydrogens (tertiary/aromatic N) is 1. The number of amides is 1. The Bertz CT molecular complexity index is 387. The Morgan fingerprint density at radius 3 is 2.53 bits per heavy atom. The summed E-state index contributed by atoms with van der Waals surface area (Å²) in [6.45, 7) is 0.805. The first kappa shape index (κ1) is 14.0. The van der Waals surface area contributed by atoms with Gasteiger partial charge in [-0.3, -0.25) is 4.79 Å². The van der Waals surface area contributed by atoms with Gasteiger partial charge in [0.2, 0.25) is 0 Å². The van der Waals surface area contributed by atoms with E-state index in [1.165, 1.54) is 18.4 Å². The maximum atomic E-state index is 12.6. The van der Waals surface area contributed by atoms with Crippen molar-refractivity contribution in [1.29, 1.82) is 0 Å². The number of hydrogen-bond acceptors (Lipinski definition) is 3. The molecule has 1 rings (SSSR count). The summed E-state index contributed by atoms with van der Waals surface area (Å²) in [5.74, 6) is -1.14. The fraction of sp³-hybridized carbons (Fsp3) is 0.500. The second-order valence-electron chi connectivity index (χ2n) is 3.94. The molecule has 0 saturated carbocycles. The Labute approximate surface area is 101 Å². The highest BCUT2D eigenvalue weighted by atomic mass is 32.1. The molecule has 1 amide bonds. The summed E-state index contributed by atoms with van der Waals surface area (Å²) in [7, 11) is 1.30. The van der Waals surface area contributed by atoms with Crippen molar-refractivity contribution >= 4 is 17.2 Å². The van der Waals surface area contributed by atoms with Gasteiger partial charge in [-0.1, -0.05) is 6.07 Å². The van der Waals surface area contributed by atoms with Gasteiger partial charge in [-0.05, 0) is 18.4 Å². The van der Waals surface area contributed by atoms with Crippen molar-refractivity contribution in [2.24, 2.45) is 5.73 Å². The van der Waals surface area contributed by atoms with Crippen LogP contribution in [0.15, 0.2) is 17.5 Å². The molecule has 2 N–H and O–H groups in total. The van der Waals surface area contributed by atoms with Crippen molar-refractivity contribution in [2.45, 2.75) is 25.2 Å². The highest BCUT2D eigenvalue weighted by Crippen LogP contribution is 2.29. The lowest BCUT2D eigenvalue weighted by atomic mass is 10.0. The topological polar surface area (TPSA) is 46.3 Å². The summed E-state index contributed by atoms with van der Waals surface area (Å²) < 4.78 is 37.7. The SMILES string of the molecule is CN(Cc1cccs1)C(=O)C(C)(N)C(F)(F)F. The van der Waals surface area contributed by atoms with Gasteiger partial charge in [0.25, 0.3) is 5.91 Å². The summed E-state index contributed by atoms with van der Waals surface area (Å²) in [4.78, 5) is 13.4. The van der Waals surface area contributed by atoms with Crippen LogP contribution in [-0.4, -0.2) is 29.6 Å². The van der Waals surface area contributed by atoms with Gasteiger partial charge in [0, 0.05) is 11.9 Å². The van der Waals surface area contributed by atoms with Gasteiger partial charge in [-0.2, -0.15) is 13.2 Å². The summed E-state index contributed by atoms with van der Waals surface area (Å²) in [6.07, 6.45) is -4.76. The summed E-state index contributed by atoms with van der Waals surface area (Å²) in [5, 5.41) is 1.79. The van der Waals surface area contributed by atoms with Gasteiger partial charge in [-0.15, -0.1) is 11.3 Å². The smallest absolute Gasteiger partial charge is 0.339 e. The highest BCUT2D eigenvalue weighted by molar-refractivity contribution is 7.09. The number of likely N-dealkylation sites (N-methyl/N-ethyl adjacent to an activating group) is 1. The molecule has 0 saturated heterocycles. The molecule has 1 aromatic heterocycles. The predicted octanol–water partition coefficient (Wildman–Crippen LogP) is 1.99. The third-order valence-electron chi connectivity index (χ3n) is 2.35. The average molecular weight is 266 g/mol. The predicted molar refractivity (Wildman–Crippen MR) is 59.4 cm³/mol. The zero-order chi connectivity index (χ0) is 13.3. The van der Waals surface area contributed by atoms with E-state index in [1.807, 2.05) is 0 Å². The normalized spacial score (nSPS) is 15.4. The van der Waals surface area contributed by atoms with Crippen molar-refractivity contribution in [3.8, 4) is 0 Å². The van der Waals surface area contributed by atoms with Crippen molar-refractivity contribution in [2.75, 3.05) is 7.05 Å². The van der Waals surface area contributed by atoms with E-state index >= 15 is 0 Å². The molecule has 96 valence electrons. The maximum absolute atomic E-state index is 12.6. The van der Waals surface area contributed by atoms with Crippen LogP contribution >= 0.6 is 11.3 Å². The third-order valence-corrected chi connectivity index (χ3v) is 3.21. The molecule has 0 spiro atoms. The van der Waals surface area contributed by atoms with Crippen LogP contribution in [0.25, 0.3) is 0 Å². The van der Waals surface area contributed by atoms with E-state index in [0.717, 1.165) is 9.78 Å². The van der Waals surface area contributed by atoms with Crippen molar-refractivity contribution in [3.05, 3.63) is 22.4 Å². The number of alkyl halides is 3. The molecule has 1 unspecified atom stereocenters. The fourth-order valence-electron chi connectivity index (χ4n) is 1.23. The van der Waals surface area contributed by atoms with Crippen molar-refractivity contribution < 1.29 is 18.0 Å². The van der Waals surface area contributed by atoms with Crippen LogP contribution in [0.1, 0.15) is 11.8 Å². The minimum absolute atomic E-state index is 0.124. The molecule has 0 fully saturated rings. The molecule has 1 atom stereocenters. The maximum Gasteiger partial charge on any atom is 0.415 e. The second-order valence-corrected chi connectivity index (χ2v) is 4.97. The number of carbonyl (C=O) groups excluding carboxylic acids is 1. The van der Waals surface area contributed by atoms with Gasteiger partial charge < -0.3 is 10.6 Å². The lowest BCUT2D eigenvalue weighted by molar-refractivity contribution is -0.193. The van der Waals surface area contributed by atoms with Crippen LogP contribution < -0.4 is 5.73 Å². The lowest BCUT2D eigenvalue weighted by Crippen LogP contribution is -2.61. The van der Waals surface area contributed by atoms with Gasteiger partial charge in [0.05, 0.1) is 6.54 Å². The van der Waals surface area contributed by atoms with E-state index in [2.05, 4.69) is 0 Å². The summed E-state index contributed by atoms with van der Waals surface area (Å²) in [6, 6.07) is 3.51. The monoisotopic (exact) mass is 266 g/mol. The molecule has 3 nitrogen and oxygen atoms in total. The van der Waals surface area contributed by atoms with Gasteiger partial charge in [-0.25, -0.2) is 0 Å². The Hall–Kier alpha value is -1.08. The molecule has 0 aliphatic rings. The number of nitrogens with two attached hydrogens (primary N) is 1. The third kappa shape index (κ3) is 2.98. The van der Waals surface area contributed by atoms with Crippen LogP contribution in [0.2, 0.25) is 0 Å². The molecule has 0 aromatic carbocycles. The lowest BCUT2D eigenvalue weighted by Gasteiger charge is -2.30. The quantitative estimate of drug-likeness (QED) is 0.909. The van der Waals surface area contributed by atoms with E-state index in [0.29, 0.717) is 6.92 Å². The molecule has 17 heavy (non-hydrogen) atoms. The zero-order valence-electron chi connectivity index (χ0n) is 9.41. The standard InChI is InChI=1S/C10H13F3N2OS/c1-9(14,10(11,12)13)8(16)15(2)6-7-4-3-5-17-7/h3-5H,6,14H2,1-2H3. The summed E-state index contributed by atoms with van der Waals surface area (Å²) >= 11 is 1.37. The van der Waals surface area contributed by atoms with Gasteiger partial charge in [0.1, 0.15) is 0 Å². The van der Waals surface area contributed by atoms with E-state index in [-0.39, 0.29) is 6.54 Å². The summed E-state index contributed by atoms with van der Waals surface area (Å²) in [5.41, 5.74) is 2.21. The number of hydrogen-bond donors (Lipinski definition) is 1. The first-order valence-corrected chi connectivity index (χ1v) is 5.68. The van der Waals surface area contributed by atoms with E-state index in [9.17, 15) is 18.0 Å². The van der Waals surface area contributed by atoms with E-state index in [4.69, 9.17) is 5.73 Å². The number of carbonyl (C=O) groups is 1. The first-order valence-electron chi connectivity index (χ1n) is 4.80. The minimum Gasteiger partial charge on any atom is -0.339 e. The van der Waals surface area contributed by atoms with E-state index < -0.39 is 17.6 Å². The Kier molecular flexibility index (Phi) is 3.83. The van der Waals surface area contributed by atoms with Crippen LogP contribution in [0.3, 0.4) is 0 Å². The number of rotatable bonds is 3. The zero-order valence-corrected chi connectivity index (χ0v) is 10.2. The van der Waals surface area contributed by atoms with Crippen LogP contribution in [0.5, 0.6) is 0 Å². The second kappa shape index (κ2) is 4.66. The molecule has 1 aromatic rings. The fourth-order valence-corrected chi connectivity index (χ4v) is 1.98. The largest absolute Gasteiger partial charge is 0.415 e.